The number of hydrogen-bond acceptors (Lipinski definition) is 4. The standard InChI is InChI=1S/C17H23NO4/c1-11(2)13-4-8-15(9-5-13)21-10-16(19)22-12(3)17(20)18-14-6-7-14/h4-5,8-9,11-12,14H,6-7,10H2,1-3H3,(H,18,20)/t12-/m1/s1. The van der Waals surface area contributed by atoms with E-state index in [-0.39, 0.29) is 18.6 Å². The van der Waals surface area contributed by atoms with Gasteiger partial charge < -0.3 is 14.8 Å². The van der Waals surface area contributed by atoms with Crippen molar-refractivity contribution in [1.29, 1.82) is 0 Å². The molecule has 1 fully saturated rings. The van der Waals surface area contributed by atoms with E-state index < -0.39 is 12.1 Å². The van der Waals surface area contributed by atoms with Crippen LogP contribution in [0.2, 0.25) is 0 Å². The summed E-state index contributed by atoms with van der Waals surface area (Å²) < 4.78 is 10.4. The Kier molecular flexibility index (Phi) is 5.41. The van der Waals surface area contributed by atoms with Crippen LogP contribution in [0.3, 0.4) is 0 Å². The topological polar surface area (TPSA) is 64.6 Å². The zero-order valence-electron chi connectivity index (χ0n) is 13.3. The Morgan fingerprint density at radius 3 is 2.36 bits per heavy atom. The van der Waals surface area contributed by atoms with Crippen LogP contribution in [0.4, 0.5) is 0 Å². The smallest absolute Gasteiger partial charge is 0.344 e. The summed E-state index contributed by atoms with van der Waals surface area (Å²) in [5, 5.41) is 2.79. The van der Waals surface area contributed by atoms with E-state index in [0.717, 1.165) is 12.8 Å². The molecule has 0 heterocycles. The van der Waals surface area contributed by atoms with Crippen molar-refractivity contribution in [1.82, 2.24) is 5.32 Å². The number of nitrogens with one attached hydrogen (secondary N) is 1. The van der Waals surface area contributed by atoms with Gasteiger partial charge in [0.25, 0.3) is 5.91 Å². The number of amides is 1. The van der Waals surface area contributed by atoms with Crippen LogP contribution >= 0.6 is 0 Å². The monoisotopic (exact) mass is 305 g/mol. The largest absolute Gasteiger partial charge is 0.482 e. The summed E-state index contributed by atoms with van der Waals surface area (Å²) in [4.78, 5) is 23.4. The van der Waals surface area contributed by atoms with Gasteiger partial charge in [-0.3, -0.25) is 4.79 Å². The highest BCUT2D eigenvalue weighted by Crippen LogP contribution is 2.19. The molecule has 0 radical (unpaired) electrons. The van der Waals surface area contributed by atoms with Crippen LogP contribution in [0.15, 0.2) is 24.3 Å². The minimum absolute atomic E-state index is 0.206. The average molecular weight is 305 g/mol. The SMILES string of the molecule is CC(C)c1ccc(OCC(=O)O[C@H](C)C(=O)NC2CC2)cc1. The van der Waals surface area contributed by atoms with Crippen molar-refractivity contribution < 1.29 is 19.1 Å². The van der Waals surface area contributed by atoms with Gasteiger partial charge in [-0.15, -0.1) is 0 Å². The molecule has 1 aliphatic rings. The van der Waals surface area contributed by atoms with Crippen LogP contribution < -0.4 is 10.1 Å². The molecule has 1 saturated carbocycles. The molecular formula is C17H23NO4. The van der Waals surface area contributed by atoms with Gasteiger partial charge in [-0.2, -0.15) is 0 Å². The highest BCUT2D eigenvalue weighted by Gasteiger charge is 2.27. The molecular weight excluding hydrogens is 282 g/mol. The van der Waals surface area contributed by atoms with Crippen LogP contribution in [0, 0.1) is 0 Å². The molecule has 0 aliphatic heterocycles. The van der Waals surface area contributed by atoms with Crippen molar-refractivity contribution in [2.75, 3.05) is 6.61 Å². The number of esters is 1. The van der Waals surface area contributed by atoms with Crippen molar-refractivity contribution >= 4 is 11.9 Å². The highest BCUT2D eigenvalue weighted by atomic mass is 16.6. The maximum atomic E-state index is 11.7. The van der Waals surface area contributed by atoms with E-state index in [9.17, 15) is 9.59 Å². The van der Waals surface area contributed by atoms with Crippen molar-refractivity contribution in [3.63, 3.8) is 0 Å². The molecule has 120 valence electrons. The summed E-state index contributed by atoms with van der Waals surface area (Å²) in [6, 6.07) is 7.84. The number of carbonyl (C=O) groups is 2. The van der Waals surface area contributed by atoms with Crippen molar-refractivity contribution in [2.45, 2.75) is 51.7 Å². The Balaban J connectivity index is 1.73. The molecule has 0 spiro atoms. The Morgan fingerprint density at radius 1 is 1.18 bits per heavy atom. The predicted octanol–water partition coefficient (Wildman–Crippen LogP) is 2.40. The molecule has 1 aromatic rings. The molecule has 0 aromatic heterocycles. The first-order chi connectivity index (χ1) is 10.5. The second-order valence-corrected chi connectivity index (χ2v) is 5.93. The van der Waals surface area contributed by atoms with E-state index in [1.54, 1.807) is 6.92 Å². The molecule has 1 aromatic carbocycles. The van der Waals surface area contributed by atoms with Gasteiger partial charge in [0.15, 0.2) is 12.7 Å². The van der Waals surface area contributed by atoms with Crippen LogP contribution in [0.25, 0.3) is 0 Å². The molecule has 22 heavy (non-hydrogen) atoms. The lowest BCUT2D eigenvalue weighted by atomic mass is 10.0. The third kappa shape index (κ3) is 5.06. The van der Waals surface area contributed by atoms with Gasteiger partial charge in [0.1, 0.15) is 5.75 Å². The van der Waals surface area contributed by atoms with Gasteiger partial charge in [0.2, 0.25) is 0 Å². The van der Waals surface area contributed by atoms with Gasteiger partial charge in [0, 0.05) is 6.04 Å². The van der Waals surface area contributed by atoms with E-state index in [1.165, 1.54) is 5.56 Å². The number of benzene rings is 1. The third-order valence-corrected chi connectivity index (χ3v) is 3.50. The maximum Gasteiger partial charge on any atom is 0.344 e. The number of rotatable bonds is 7. The quantitative estimate of drug-likeness (QED) is 0.786. The van der Waals surface area contributed by atoms with E-state index in [4.69, 9.17) is 9.47 Å². The summed E-state index contributed by atoms with van der Waals surface area (Å²) in [6.07, 6.45) is 1.21. The van der Waals surface area contributed by atoms with Crippen LogP contribution in [-0.2, 0) is 14.3 Å². The average Bonchev–Trinajstić information content (AvgIpc) is 3.29. The normalized spacial score (nSPS) is 15.3. The fourth-order valence-corrected chi connectivity index (χ4v) is 1.92. The zero-order chi connectivity index (χ0) is 16.1. The van der Waals surface area contributed by atoms with Crippen LogP contribution in [-0.4, -0.2) is 30.6 Å². The maximum absolute atomic E-state index is 11.7. The summed E-state index contributed by atoms with van der Waals surface area (Å²) in [6.45, 7) is 5.58. The van der Waals surface area contributed by atoms with E-state index >= 15 is 0 Å². The molecule has 1 atom stereocenters. The molecule has 0 saturated heterocycles. The van der Waals surface area contributed by atoms with Crippen LogP contribution in [0.5, 0.6) is 5.75 Å². The molecule has 0 unspecified atom stereocenters. The lowest BCUT2D eigenvalue weighted by Gasteiger charge is -2.13. The van der Waals surface area contributed by atoms with E-state index in [1.807, 2.05) is 24.3 Å². The van der Waals surface area contributed by atoms with E-state index in [0.29, 0.717) is 11.7 Å². The molecule has 1 amide bonds. The second kappa shape index (κ2) is 7.29. The number of ether oxygens (including phenoxy) is 2. The first-order valence-electron chi connectivity index (χ1n) is 7.68. The predicted molar refractivity (Wildman–Crippen MR) is 82.7 cm³/mol. The number of hydrogen-bond donors (Lipinski definition) is 1. The van der Waals surface area contributed by atoms with Crippen molar-refractivity contribution in [2.24, 2.45) is 0 Å². The van der Waals surface area contributed by atoms with Crippen molar-refractivity contribution in [3.05, 3.63) is 29.8 Å². The van der Waals surface area contributed by atoms with E-state index in [2.05, 4.69) is 19.2 Å². The zero-order valence-corrected chi connectivity index (χ0v) is 13.3. The minimum atomic E-state index is -0.792. The summed E-state index contributed by atoms with van der Waals surface area (Å²) in [7, 11) is 0. The first-order valence-corrected chi connectivity index (χ1v) is 7.68. The molecule has 5 heteroatoms. The minimum Gasteiger partial charge on any atom is -0.482 e. The fraction of sp³-hybridized carbons (Fsp3) is 0.529. The molecule has 0 bridgehead atoms. The third-order valence-electron chi connectivity index (χ3n) is 3.50. The Bertz CT molecular complexity index is 520. The molecule has 1 N–H and O–H groups in total. The number of carbonyl (C=O) groups excluding carboxylic acids is 2. The first kappa shape index (κ1) is 16.3. The van der Waals surface area contributed by atoms with Crippen molar-refractivity contribution in [3.8, 4) is 5.75 Å². The molecule has 5 nitrogen and oxygen atoms in total. The van der Waals surface area contributed by atoms with Gasteiger partial charge >= 0.3 is 5.97 Å². The lowest BCUT2D eigenvalue weighted by Crippen LogP contribution is -2.37. The Hall–Kier alpha value is -2.04. The summed E-state index contributed by atoms with van der Waals surface area (Å²) in [5.74, 6) is 0.254. The fourth-order valence-electron chi connectivity index (χ4n) is 1.92. The summed E-state index contributed by atoms with van der Waals surface area (Å²) in [5.41, 5.74) is 1.21. The Labute approximate surface area is 131 Å². The van der Waals surface area contributed by atoms with Gasteiger partial charge in [-0.1, -0.05) is 26.0 Å². The Morgan fingerprint density at radius 2 is 1.82 bits per heavy atom. The molecule has 2 rings (SSSR count). The van der Waals surface area contributed by atoms with Gasteiger partial charge in [0.05, 0.1) is 0 Å². The second-order valence-electron chi connectivity index (χ2n) is 5.93. The summed E-state index contributed by atoms with van der Waals surface area (Å²) >= 11 is 0. The lowest BCUT2D eigenvalue weighted by molar-refractivity contribution is -0.156. The molecule has 1 aliphatic carbocycles. The van der Waals surface area contributed by atoms with Gasteiger partial charge in [-0.25, -0.2) is 4.79 Å². The highest BCUT2D eigenvalue weighted by molar-refractivity contribution is 5.84. The van der Waals surface area contributed by atoms with Gasteiger partial charge in [-0.05, 0) is 43.4 Å². The van der Waals surface area contributed by atoms with Crippen LogP contribution in [0.1, 0.15) is 45.1 Å².